The summed E-state index contributed by atoms with van der Waals surface area (Å²) in [5, 5.41) is 19.5. The van der Waals surface area contributed by atoms with Crippen molar-refractivity contribution in [2.24, 2.45) is 35.5 Å². The second kappa shape index (κ2) is 82.5. The Morgan fingerprint density at radius 1 is 0.220 bits per heavy atom. The zero-order valence-corrected chi connectivity index (χ0v) is 69.1. The van der Waals surface area contributed by atoms with Crippen molar-refractivity contribution < 1.29 is 38.9 Å². The summed E-state index contributed by atoms with van der Waals surface area (Å²) < 4.78 is 11.2. The average Bonchev–Trinajstić information content (AvgIpc) is 0.916. The lowest BCUT2D eigenvalue weighted by atomic mass is 9.84. The molecule has 0 fully saturated rings. The molecule has 0 aromatic heterocycles. The van der Waals surface area contributed by atoms with Gasteiger partial charge in [0.05, 0.1) is 36.9 Å². The lowest BCUT2D eigenvalue weighted by Gasteiger charge is -2.23. The van der Waals surface area contributed by atoms with E-state index in [-0.39, 0.29) is 11.9 Å². The van der Waals surface area contributed by atoms with Crippen LogP contribution in [0.25, 0.3) is 0 Å². The maximum atomic E-state index is 12.9. The molecule has 0 aromatic carbocycles. The second-order valence-corrected chi connectivity index (χ2v) is 32.7. The summed E-state index contributed by atoms with van der Waals surface area (Å²) in [7, 11) is 0. The Balaban J connectivity index is 0. The van der Waals surface area contributed by atoms with Crippen LogP contribution in [-0.4, -0.2) is 47.3 Å². The van der Waals surface area contributed by atoms with Crippen LogP contribution in [0.1, 0.15) is 518 Å². The molecular weight excluding hydrogens is 1230 g/mol. The first-order valence-corrected chi connectivity index (χ1v) is 45.7. The topological polar surface area (TPSA) is 127 Å². The van der Waals surface area contributed by atoms with Gasteiger partial charge in [0, 0.05) is 0 Å². The first-order chi connectivity index (χ1) is 48.9. The zero-order valence-electron chi connectivity index (χ0n) is 69.1. The minimum atomic E-state index is -0.894. The molecule has 0 bridgehead atoms. The highest BCUT2D eigenvalue weighted by Crippen LogP contribution is 2.29. The highest BCUT2D eigenvalue weighted by Gasteiger charge is 2.34. The molecule has 0 amide bonds. The van der Waals surface area contributed by atoms with E-state index in [0.29, 0.717) is 37.9 Å². The van der Waals surface area contributed by atoms with Gasteiger partial charge in [-0.2, -0.15) is 0 Å². The monoisotopic (exact) mass is 1410 g/mol. The molecule has 596 valence electrons. The third-order valence-corrected chi connectivity index (χ3v) is 22.5. The fraction of sp³-hybridized carbons (Fsp3) is 0.957. The highest BCUT2D eigenvalue weighted by atomic mass is 16.5. The summed E-state index contributed by atoms with van der Waals surface area (Å²) in [6.45, 7) is 17.7. The number of unbranched alkanes of at least 4 members (excludes halogenated alkanes) is 64. The minimum absolute atomic E-state index is 0.301. The molecule has 0 aliphatic carbocycles. The van der Waals surface area contributed by atoms with Gasteiger partial charge in [-0.25, -0.2) is 0 Å². The second-order valence-electron chi connectivity index (χ2n) is 32.7. The van der Waals surface area contributed by atoms with E-state index >= 15 is 0 Å². The van der Waals surface area contributed by atoms with Gasteiger partial charge < -0.3 is 19.7 Å². The van der Waals surface area contributed by atoms with Crippen LogP contribution in [0.5, 0.6) is 0 Å². The van der Waals surface area contributed by atoms with Gasteiger partial charge in [-0.15, -0.1) is 0 Å². The molecule has 0 rings (SSSR count). The predicted octanol–water partition coefficient (Wildman–Crippen LogP) is 31.2. The summed E-state index contributed by atoms with van der Waals surface area (Å²) >= 11 is 0. The fourth-order valence-corrected chi connectivity index (χ4v) is 15.1. The lowest BCUT2D eigenvalue weighted by Crippen LogP contribution is -2.31. The van der Waals surface area contributed by atoms with E-state index in [1.165, 1.54) is 405 Å². The minimum Gasteiger partial charge on any atom is -0.481 e. The van der Waals surface area contributed by atoms with Crippen molar-refractivity contribution in [1.82, 2.24) is 0 Å². The first-order valence-electron chi connectivity index (χ1n) is 45.7. The van der Waals surface area contributed by atoms with Crippen molar-refractivity contribution in [1.29, 1.82) is 0 Å². The molecule has 0 aliphatic heterocycles. The van der Waals surface area contributed by atoms with Gasteiger partial charge in [-0.1, -0.05) is 492 Å². The number of aliphatic carboxylic acids is 2. The molecule has 0 saturated carbocycles. The quantitative estimate of drug-likeness (QED) is 0.0455. The van der Waals surface area contributed by atoms with E-state index in [0.717, 1.165) is 44.9 Å². The van der Waals surface area contributed by atoms with Crippen LogP contribution >= 0.6 is 0 Å². The maximum absolute atomic E-state index is 12.9. The third-order valence-electron chi connectivity index (χ3n) is 22.5. The van der Waals surface area contributed by atoms with E-state index in [1.807, 2.05) is 0 Å². The zero-order chi connectivity index (χ0) is 73.5. The molecule has 8 nitrogen and oxygen atoms in total. The van der Waals surface area contributed by atoms with E-state index in [4.69, 9.17) is 9.47 Å². The number of carbonyl (C=O) groups excluding carboxylic acids is 2. The maximum Gasteiger partial charge on any atom is 0.309 e. The number of hydrogen-bond donors (Lipinski definition) is 2. The first kappa shape index (κ1) is 99.9. The number of rotatable bonds is 82. The highest BCUT2D eigenvalue weighted by molar-refractivity contribution is 5.81. The summed E-state index contributed by atoms with van der Waals surface area (Å²) in [5.74, 6) is -4.22. The van der Waals surface area contributed by atoms with Crippen LogP contribution in [0.2, 0.25) is 0 Å². The van der Waals surface area contributed by atoms with E-state index < -0.39 is 35.6 Å². The van der Waals surface area contributed by atoms with Crippen LogP contribution in [-0.2, 0) is 28.7 Å². The Morgan fingerprint density at radius 2 is 0.400 bits per heavy atom. The number of carboxylic acid groups (broad SMARTS) is 2. The van der Waals surface area contributed by atoms with Crippen molar-refractivity contribution in [2.45, 2.75) is 518 Å². The number of hydrogen-bond acceptors (Lipinski definition) is 6. The van der Waals surface area contributed by atoms with Gasteiger partial charge >= 0.3 is 23.9 Å². The summed E-state index contributed by atoms with van der Waals surface area (Å²) in [5.41, 5.74) is 0. The van der Waals surface area contributed by atoms with Gasteiger partial charge in [-0.3, -0.25) is 19.2 Å². The van der Waals surface area contributed by atoms with E-state index in [1.54, 1.807) is 13.8 Å². The normalized spacial score (nSPS) is 13.4. The fourth-order valence-electron chi connectivity index (χ4n) is 15.1. The van der Waals surface area contributed by atoms with Crippen molar-refractivity contribution in [3.05, 3.63) is 0 Å². The average molecular weight is 1410 g/mol. The lowest BCUT2D eigenvalue weighted by molar-refractivity contribution is -0.158. The summed E-state index contributed by atoms with van der Waals surface area (Å²) in [6.07, 6.45) is 95.0. The van der Waals surface area contributed by atoms with Gasteiger partial charge in [0.1, 0.15) is 0 Å². The van der Waals surface area contributed by atoms with Crippen molar-refractivity contribution >= 4 is 23.9 Å². The van der Waals surface area contributed by atoms with Crippen molar-refractivity contribution in [3.8, 4) is 0 Å². The molecule has 0 aliphatic rings. The van der Waals surface area contributed by atoms with Crippen LogP contribution in [0, 0.1) is 35.5 Å². The smallest absolute Gasteiger partial charge is 0.309 e. The Labute approximate surface area is 625 Å². The molecule has 0 aromatic rings. The molecule has 6 atom stereocenters. The number of esters is 2. The summed E-state index contributed by atoms with van der Waals surface area (Å²) in [6, 6.07) is 0. The number of carboxylic acids is 2. The van der Waals surface area contributed by atoms with E-state index in [2.05, 4.69) is 41.5 Å². The molecule has 0 heterocycles. The number of carbonyl (C=O) groups is 4. The number of ether oxygens (including phenoxy) is 2. The molecule has 100 heavy (non-hydrogen) atoms. The molecule has 6 unspecified atom stereocenters. The van der Waals surface area contributed by atoms with Gasteiger partial charge in [-0.05, 0) is 37.5 Å². The van der Waals surface area contributed by atoms with E-state index in [9.17, 15) is 29.4 Å². The Hall–Kier alpha value is -2.12. The van der Waals surface area contributed by atoms with Crippen molar-refractivity contribution in [2.75, 3.05) is 13.2 Å². The van der Waals surface area contributed by atoms with Crippen molar-refractivity contribution in [3.63, 3.8) is 0 Å². The van der Waals surface area contributed by atoms with Crippen LogP contribution in [0.3, 0.4) is 0 Å². The molecular formula is C92H180O8. The largest absolute Gasteiger partial charge is 0.481 e. The van der Waals surface area contributed by atoms with Crippen LogP contribution in [0.15, 0.2) is 0 Å². The van der Waals surface area contributed by atoms with Crippen LogP contribution in [0.4, 0.5) is 0 Å². The standard InChI is InChI=1S/2C46H90O4/c1-5-7-9-11-13-15-17-19-21-22-23-24-25-26-27-29-31-33-35-37-39-42(3)41-44(45(47)48)43(4)46(49)50-40-38-36-34-32-30-28-20-18-16-14-12-10-8-6-2;1-5-7-9-11-13-15-17-19-21-22-23-24-25-26-27-29-31-33-35-37-39-42(3)41-44(43(4)45(47)48)46(49)50-40-38-36-34-32-30-28-20-18-16-14-12-10-8-6-2/h2*42-44H,5-41H2,1-4H3,(H,47,48). The molecule has 0 radical (unpaired) electrons. The SMILES string of the molecule is CCCCCCCCCCCCCCCCCCCCCCC(C)CC(C(=O)O)C(C)C(=O)OCCCCCCCCCCCCCCCC.CCCCCCCCCCCCCCCCCCCCCCC(C)CC(C(=O)OCCCCCCCCCCCCCCCC)C(C)C(=O)O. The Morgan fingerprint density at radius 3 is 0.600 bits per heavy atom. The van der Waals surface area contributed by atoms with Crippen LogP contribution < -0.4 is 0 Å². The van der Waals surface area contributed by atoms with Gasteiger partial charge in [0.25, 0.3) is 0 Å². The summed E-state index contributed by atoms with van der Waals surface area (Å²) in [4.78, 5) is 49.4. The Bertz CT molecular complexity index is 1650. The predicted molar refractivity (Wildman–Crippen MR) is 436 cm³/mol. The molecule has 8 heteroatoms. The molecule has 0 saturated heterocycles. The van der Waals surface area contributed by atoms with Gasteiger partial charge in [0.15, 0.2) is 0 Å². The van der Waals surface area contributed by atoms with Gasteiger partial charge in [0.2, 0.25) is 0 Å². The third kappa shape index (κ3) is 74.2. The Kier molecular flexibility index (Phi) is 82.5. The molecule has 2 N–H and O–H groups in total. The molecule has 0 spiro atoms.